The van der Waals surface area contributed by atoms with E-state index in [2.05, 4.69) is 38.0 Å². The van der Waals surface area contributed by atoms with Gasteiger partial charge in [-0.05, 0) is 51.7 Å². The van der Waals surface area contributed by atoms with Gasteiger partial charge in [-0.3, -0.25) is 0 Å². The molecule has 102 valence electrons. The van der Waals surface area contributed by atoms with Crippen LogP contribution >= 0.6 is 0 Å². The summed E-state index contributed by atoms with van der Waals surface area (Å²) in [6.07, 6.45) is 8.19. The fourth-order valence-corrected chi connectivity index (χ4v) is 3.16. The molecule has 0 radical (unpaired) electrons. The van der Waals surface area contributed by atoms with Crippen molar-refractivity contribution in [2.75, 3.05) is 20.1 Å². The Hall–Kier alpha value is -0.0800. The molecule has 1 saturated carbocycles. The van der Waals surface area contributed by atoms with Crippen LogP contribution in [0.1, 0.15) is 59.3 Å². The van der Waals surface area contributed by atoms with Crippen LogP contribution in [0.4, 0.5) is 0 Å². The Labute approximate surface area is 108 Å². The molecular formula is C15H32N2. The van der Waals surface area contributed by atoms with Crippen LogP contribution in [-0.2, 0) is 0 Å². The molecule has 17 heavy (non-hydrogen) atoms. The van der Waals surface area contributed by atoms with Gasteiger partial charge in [0.2, 0.25) is 0 Å². The van der Waals surface area contributed by atoms with Crippen LogP contribution in [-0.4, -0.2) is 37.1 Å². The number of hydrogen-bond acceptors (Lipinski definition) is 2. The molecule has 0 spiro atoms. The van der Waals surface area contributed by atoms with Gasteiger partial charge in [0.05, 0.1) is 0 Å². The van der Waals surface area contributed by atoms with Crippen molar-refractivity contribution in [1.82, 2.24) is 10.2 Å². The van der Waals surface area contributed by atoms with Gasteiger partial charge in [0.15, 0.2) is 0 Å². The van der Waals surface area contributed by atoms with Gasteiger partial charge in [0.1, 0.15) is 0 Å². The average Bonchev–Trinajstić information content (AvgIpc) is 2.36. The molecule has 1 N–H and O–H groups in total. The van der Waals surface area contributed by atoms with E-state index in [1.807, 2.05) is 0 Å². The minimum absolute atomic E-state index is 0.727. The van der Waals surface area contributed by atoms with Gasteiger partial charge < -0.3 is 10.2 Å². The van der Waals surface area contributed by atoms with Gasteiger partial charge >= 0.3 is 0 Å². The maximum atomic E-state index is 3.69. The second-order valence-corrected chi connectivity index (χ2v) is 5.65. The predicted molar refractivity (Wildman–Crippen MR) is 76.4 cm³/mol. The van der Waals surface area contributed by atoms with Gasteiger partial charge in [-0.15, -0.1) is 0 Å². The van der Waals surface area contributed by atoms with E-state index in [4.69, 9.17) is 0 Å². The maximum absolute atomic E-state index is 3.69. The Balaban J connectivity index is 2.52. The molecule has 3 atom stereocenters. The first-order valence-corrected chi connectivity index (χ1v) is 7.66. The number of nitrogens with zero attached hydrogens (tertiary/aromatic N) is 1. The zero-order valence-electron chi connectivity index (χ0n) is 12.3. The minimum Gasteiger partial charge on any atom is -0.313 e. The lowest BCUT2D eigenvalue weighted by Crippen LogP contribution is -2.52. The van der Waals surface area contributed by atoms with Gasteiger partial charge in [-0.1, -0.05) is 33.6 Å². The fraction of sp³-hybridized carbons (Fsp3) is 1.00. The van der Waals surface area contributed by atoms with E-state index in [0.717, 1.165) is 24.5 Å². The molecular weight excluding hydrogens is 208 g/mol. The number of nitrogens with one attached hydrogen (secondary N) is 1. The molecule has 2 nitrogen and oxygen atoms in total. The number of likely N-dealkylation sites (N-methyl/N-ethyl adjacent to an activating group) is 2. The molecule has 1 aliphatic rings. The highest BCUT2D eigenvalue weighted by molar-refractivity contribution is 4.89. The first-order chi connectivity index (χ1) is 8.22. The Kier molecular flexibility index (Phi) is 7.14. The third kappa shape index (κ3) is 4.59. The molecule has 0 bridgehead atoms. The third-order valence-electron chi connectivity index (χ3n) is 4.40. The molecule has 0 aliphatic heterocycles. The highest BCUT2D eigenvalue weighted by Crippen LogP contribution is 2.29. The largest absolute Gasteiger partial charge is 0.313 e. The summed E-state index contributed by atoms with van der Waals surface area (Å²) in [6.45, 7) is 9.24. The maximum Gasteiger partial charge on any atom is 0.0248 e. The molecule has 3 unspecified atom stereocenters. The quantitative estimate of drug-likeness (QED) is 0.735. The van der Waals surface area contributed by atoms with Crippen LogP contribution in [0.5, 0.6) is 0 Å². The van der Waals surface area contributed by atoms with Crippen molar-refractivity contribution in [2.24, 2.45) is 5.92 Å². The lowest BCUT2D eigenvalue weighted by molar-refractivity contribution is 0.117. The topological polar surface area (TPSA) is 15.3 Å². The molecule has 1 rings (SSSR count). The Bertz CT molecular complexity index is 193. The van der Waals surface area contributed by atoms with Crippen molar-refractivity contribution < 1.29 is 0 Å². The zero-order chi connectivity index (χ0) is 12.7. The molecule has 0 heterocycles. The van der Waals surface area contributed by atoms with Crippen molar-refractivity contribution in [3.8, 4) is 0 Å². The summed E-state index contributed by atoms with van der Waals surface area (Å²) in [5.74, 6) is 0.957. The van der Waals surface area contributed by atoms with Gasteiger partial charge in [0, 0.05) is 12.1 Å². The van der Waals surface area contributed by atoms with Crippen LogP contribution < -0.4 is 5.32 Å². The number of rotatable bonds is 7. The van der Waals surface area contributed by atoms with Crippen LogP contribution in [0.25, 0.3) is 0 Å². The smallest absolute Gasteiger partial charge is 0.0248 e. The van der Waals surface area contributed by atoms with Gasteiger partial charge in [0.25, 0.3) is 0 Å². The van der Waals surface area contributed by atoms with Crippen molar-refractivity contribution >= 4 is 0 Å². The molecule has 0 saturated heterocycles. The summed E-state index contributed by atoms with van der Waals surface area (Å²) < 4.78 is 0. The summed E-state index contributed by atoms with van der Waals surface area (Å²) in [5, 5.41) is 3.69. The van der Waals surface area contributed by atoms with Gasteiger partial charge in [-0.2, -0.15) is 0 Å². The second-order valence-electron chi connectivity index (χ2n) is 5.65. The molecule has 1 aliphatic carbocycles. The van der Waals surface area contributed by atoms with E-state index in [1.165, 1.54) is 45.1 Å². The van der Waals surface area contributed by atoms with Crippen molar-refractivity contribution in [1.29, 1.82) is 0 Å². The summed E-state index contributed by atoms with van der Waals surface area (Å²) in [5.41, 5.74) is 0. The molecule has 0 aromatic heterocycles. The van der Waals surface area contributed by atoms with E-state index < -0.39 is 0 Å². The number of unbranched alkanes of at least 4 members (excludes halogenated alkanes) is 1. The molecule has 2 heteroatoms. The average molecular weight is 240 g/mol. The minimum atomic E-state index is 0.727. The Morgan fingerprint density at radius 1 is 1.18 bits per heavy atom. The highest BCUT2D eigenvalue weighted by atomic mass is 15.2. The summed E-state index contributed by atoms with van der Waals surface area (Å²) in [7, 11) is 2.32. The SMILES string of the molecule is CCCCN(C)C1CC(CC)CCC1NCC. The van der Waals surface area contributed by atoms with Crippen LogP contribution in [0, 0.1) is 5.92 Å². The summed E-state index contributed by atoms with van der Waals surface area (Å²) >= 11 is 0. The van der Waals surface area contributed by atoms with E-state index in [0.29, 0.717) is 0 Å². The molecule has 0 aromatic rings. The monoisotopic (exact) mass is 240 g/mol. The lowest BCUT2D eigenvalue weighted by atomic mass is 9.80. The Morgan fingerprint density at radius 3 is 2.53 bits per heavy atom. The molecule has 0 aromatic carbocycles. The fourth-order valence-electron chi connectivity index (χ4n) is 3.16. The van der Waals surface area contributed by atoms with Crippen LogP contribution in [0.15, 0.2) is 0 Å². The van der Waals surface area contributed by atoms with E-state index in [9.17, 15) is 0 Å². The van der Waals surface area contributed by atoms with Crippen molar-refractivity contribution in [3.63, 3.8) is 0 Å². The van der Waals surface area contributed by atoms with Crippen molar-refractivity contribution in [3.05, 3.63) is 0 Å². The Morgan fingerprint density at radius 2 is 1.94 bits per heavy atom. The van der Waals surface area contributed by atoms with Crippen LogP contribution in [0.3, 0.4) is 0 Å². The second kappa shape index (κ2) is 8.10. The van der Waals surface area contributed by atoms with Crippen molar-refractivity contribution in [2.45, 2.75) is 71.4 Å². The predicted octanol–water partition coefficient (Wildman–Crippen LogP) is 3.28. The van der Waals surface area contributed by atoms with Gasteiger partial charge in [-0.25, -0.2) is 0 Å². The summed E-state index contributed by atoms with van der Waals surface area (Å²) in [4.78, 5) is 2.61. The highest BCUT2D eigenvalue weighted by Gasteiger charge is 2.31. The zero-order valence-corrected chi connectivity index (χ0v) is 12.3. The van der Waals surface area contributed by atoms with E-state index in [-0.39, 0.29) is 0 Å². The van der Waals surface area contributed by atoms with E-state index in [1.54, 1.807) is 0 Å². The molecule has 0 amide bonds. The standard InChI is InChI=1S/C15H32N2/c1-5-8-11-17(4)15-12-13(6-2)9-10-14(15)16-7-3/h13-16H,5-12H2,1-4H3. The first kappa shape index (κ1) is 15.0. The van der Waals surface area contributed by atoms with Crippen LogP contribution in [0.2, 0.25) is 0 Å². The normalized spacial score (nSPS) is 29.8. The number of hydrogen-bond donors (Lipinski definition) is 1. The van der Waals surface area contributed by atoms with E-state index >= 15 is 0 Å². The summed E-state index contributed by atoms with van der Waals surface area (Å²) in [6, 6.07) is 1.49. The molecule has 1 fully saturated rings. The third-order valence-corrected chi connectivity index (χ3v) is 4.40. The first-order valence-electron chi connectivity index (χ1n) is 7.66. The lowest BCUT2D eigenvalue weighted by Gasteiger charge is -2.41.